The van der Waals surface area contributed by atoms with Crippen molar-refractivity contribution in [2.24, 2.45) is 0 Å². The van der Waals surface area contributed by atoms with Crippen LogP contribution in [0.25, 0.3) is 11.2 Å². The highest BCUT2D eigenvalue weighted by molar-refractivity contribution is 7.50. The lowest BCUT2D eigenvalue weighted by Gasteiger charge is -2.24. The summed E-state index contributed by atoms with van der Waals surface area (Å²) in [5.41, 5.74) is 3.11. The van der Waals surface area contributed by atoms with Gasteiger partial charge in [0.05, 0.1) is 26.1 Å². The van der Waals surface area contributed by atoms with Crippen LogP contribution in [0.2, 0.25) is 0 Å². The first-order valence-electron chi connectivity index (χ1n) is 10.7. The molecule has 1 fully saturated rings. The minimum absolute atomic E-state index is 0.0200. The zero-order chi connectivity index (χ0) is 26.3. The lowest BCUT2D eigenvalue weighted by molar-refractivity contribution is -0.149. The molecule has 0 aliphatic carbocycles. The summed E-state index contributed by atoms with van der Waals surface area (Å²) >= 11 is 0. The van der Waals surface area contributed by atoms with Crippen LogP contribution in [0.3, 0.4) is 0 Å². The highest BCUT2D eigenvalue weighted by Gasteiger charge is 2.56. The van der Waals surface area contributed by atoms with E-state index in [2.05, 4.69) is 20.0 Å². The highest BCUT2D eigenvalue weighted by Crippen LogP contribution is 2.45. The molecule has 1 unspecified atom stereocenters. The normalized spacial score (nSPS) is 28.0. The summed E-state index contributed by atoms with van der Waals surface area (Å²) in [4.78, 5) is 33.7. The maximum Gasteiger partial charge on any atom is 0.403 e. The van der Waals surface area contributed by atoms with Gasteiger partial charge in [-0.3, -0.25) is 13.9 Å². The monoisotopic (exact) mass is 508 g/mol. The lowest BCUT2D eigenvalue weighted by Crippen LogP contribution is -2.41. The van der Waals surface area contributed by atoms with Crippen LogP contribution in [0.1, 0.15) is 35.3 Å². The molecule has 0 amide bonds. The number of aliphatic hydroxyl groups excluding tert-OH is 1. The number of fused-ring (bicyclic) bond motifs is 1. The van der Waals surface area contributed by atoms with E-state index < -0.39 is 62.9 Å². The fourth-order valence-corrected chi connectivity index (χ4v) is 4.35. The third-order valence-corrected chi connectivity index (χ3v) is 6.18. The number of hydrogen-bond acceptors (Lipinski definition) is 11. The van der Waals surface area contributed by atoms with E-state index in [1.807, 2.05) is 0 Å². The minimum atomic E-state index is -4.59. The van der Waals surface area contributed by atoms with Crippen molar-refractivity contribution in [3.05, 3.63) is 6.30 Å². The van der Waals surface area contributed by atoms with E-state index in [9.17, 15) is 19.4 Å². The van der Waals surface area contributed by atoms with Crippen LogP contribution in [0.4, 0.5) is 10.3 Å². The molecule has 0 saturated carbocycles. The lowest BCUT2D eigenvalue weighted by atomic mass is 9.98. The Morgan fingerprint density at radius 2 is 2.18 bits per heavy atom. The molecule has 6 atom stereocenters. The summed E-state index contributed by atoms with van der Waals surface area (Å²) in [6.45, 7) is 4.82. The zero-order valence-electron chi connectivity index (χ0n) is 20.1. The van der Waals surface area contributed by atoms with Gasteiger partial charge in [-0.15, -0.1) is 0 Å². The number of rotatable bonds is 9. The van der Waals surface area contributed by atoms with Crippen molar-refractivity contribution in [3.63, 3.8) is 0 Å². The van der Waals surface area contributed by atoms with Crippen molar-refractivity contribution < 1.29 is 43.9 Å². The maximum atomic E-state index is 15.7. The van der Waals surface area contributed by atoms with Crippen molar-refractivity contribution in [1.29, 1.82) is 0 Å². The Labute approximate surface area is 195 Å². The van der Waals surface area contributed by atoms with Gasteiger partial charge in [-0.05, 0) is 27.7 Å². The Morgan fingerprint density at radius 3 is 2.79 bits per heavy atom. The highest BCUT2D eigenvalue weighted by atomic mass is 31.2. The van der Waals surface area contributed by atoms with Gasteiger partial charge in [0, 0.05) is 0 Å². The molecule has 2 aromatic heterocycles. The van der Waals surface area contributed by atoms with Gasteiger partial charge >= 0.3 is 13.7 Å². The SMILES string of the molecule is [3H]c1nc2c(OC)nc(N)nc2n1[C@@H]1O[C@H](COP(=O)(O)N[C@@H](C)C(=O)OC(C)C)[C@@H](O)[C@@]1(C)F. The van der Waals surface area contributed by atoms with Crippen LogP contribution in [0, 0.1) is 0 Å². The van der Waals surface area contributed by atoms with E-state index in [0.717, 1.165) is 11.5 Å². The van der Waals surface area contributed by atoms with Crippen LogP contribution >= 0.6 is 7.75 Å². The molecule has 190 valence electrons. The van der Waals surface area contributed by atoms with E-state index >= 15 is 4.39 Å². The second kappa shape index (κ2) is 9.68. The number of esters is 1. The van der Waals surface area contributed by atoms with Gasteiger partial charge in [0.25, 0.3) is 0 Å². The van der Waals surface area contributed by atoms with Gasteiger partial charge in [-0.1, -0.05) is 0 Å². The van der Waals surface area contributed by atoms with Gasteiger partial charge in [0.2, 0.25) is 11.8 Å². The first-order valence-corrected chi connectivity index (χ1v) is 11.8. The van der Waals surface area contributed by atoms with Gasteiger partial charge in [0.1, 0.15) is 19.6 Å². The second-order valence-electron chi connectivity index (χ2n) is 8.12. The predicted octanol–water partition coefficient (Wildman–Crippen LogP) is 0.450. The van der Waals surface area contributed by atoms with Gasteiger partial charge in [-0.25, -0.2) is 19.0 Å². The number of carbonyl (C=O) groups is 1. The van der Waals surface area contributed by atoms with Crippen molar-refractivity contribution >= 4 is 30.8 Å². The van der Waals surface area contributed by atoms with E-state index in [0.29, 0.717) is 0 Å². The summed E-state index contributed by atoms with van der Waals surface area (Å²) in [7, 11) is -3.28. The van der Waals surface area contributed by atoms with Gasteiger partial charge in [-0.2, -0.15) is 9.97 Å². The number of nitrogens with two attached hydrogens (primary N) is 1. The third kappa shape index (κ3) is 5.29. The van der Waals surface area contributed by atoms with Crippen molar-refractivity contribution in [3.8, 4) is 5.88 Å². The van der Waals surface area contributed by atoms with Crippen molar-refractivity contribution in [2.75, 3.05) is 19.5 Å². The number of nitrogens with zero attached hydrogens (tertiary/aromatic N) is 4. The smallest absolute Gasteiger partial charge is 0.403 e. The molecule has 3 heterocycles. The molecule has 1 saturated heterocycles. The Balaban J connectivity index is 1.79. The molecule has 0 spiro atoms. The molecule has 3 rings (SSSR count). The Morgan fingerprint density at radius 1 is 1.50 bits per heavy atom. The summed E-state index contributed by atoms with van der Waals surface area (Å²) < 4.78 is 57.7. The first-order chi connectivity index (χ1) is 16.2. The van der Waals surface area contributed by atoms with Crippen molar-refractivity contribution in [2.45, 2.75) is 63.9 Å². The summed E-state index contributed by atoms with van der Waals surface area (Å²) in [5, 5.41) is 12.7. The van der Waals surface area contributed by atoms with Gasteiger partial charge < -0.3 is 29.9 Å². The van der Waals surface area contributed by atoms with Gasteiger partial charge in [0.15, 0.2) is 23.1 Å². The average Bonchev–Trinajstić information content (AvgIpc) is 3.17. The number of nitrogens with one attached hydrogen (secondary N) is 1. The number of carbonyl (C=O) groups excluding carboxylic acids is 1. The van der Waals surface area contributed by atoms with Crippen LogP contribution in [0.15, 0.2) is 6.30 Å². The topological polar surface area (TPSA) is 193 Å². The molecule has 16 heteroatoms. The number of ether oxygens (including phenoxy) is 3. The number of imidazole rings is 1. The number of methoxy groups -OCH3 is 1. The Bertz CT molecular complexity index is 1150. The molecule has 2 aromatic rings. The van der Waals surface area contributed by atoms with E-state index in [1.165, 1.54) is 14.0 Å². The number of aromatic nitrogens is 4. The molecule has 5 N–H and O–H groups in total. The number of alkyl halides is 1. The van der Waals surface area contributed by atoms with E-state index in [4.69, 9.17) is 25.8 Å². The quantitative estimate of drug-likeness (QED) is 0.270. The largest absolute Gasteiger partial charge is 0.479 e. The fraction of sp³-hybridized carbons (Fsp3) is 0.667. The molecule has 0 aromatic carbocycles. The average molecular weight is 508 g/mol. The maximum absolute atomic E-state index is 15.7. The third-order valence-electron chi connectivity index (χ3n) is 4.97. The number of hydrogen-bond donors (Lipinski definition) is 4. The van der Waals surface area contributed by atoms with Crippen LogP contribution in [-0.2, 0) is 23.4 Å². The summed E-state index contributed by atoms with van der Waals surface area (Å²) in [6, 6.07) is -1.19. The fourth-order valence-electron chi connectivity index (χ4n) is 3.33. The molecule has 1 aliphatic heterocycles. The number of anilines is 1. The predicted molar refractivity (Wildman–Crippen MR) is 115 cm³/mol. The standard InChI is InChI=1S/C18H28FN6O8P/c1-8(2)32-15(27)9(3)24-34(28,29)31-6-10-12(26)18(4,19)16(33-10)25-7-21-11-13(25)22-17(20)23-14(11)30-5/h7-10,12,16,26H,6H2,1-5H3,(H2,20,22,23)(H2,24,28,29)/t9-,10+,12+,16+,18+/m0/s1/i7T. The van der Waals surface area contributed by atoms with Crippen LogP contribution in [-0.4, -0.2) is 79.2 Å². The molecule has 0 bridgehead atoms. The first kappa shape index (κ1) is 24.7. The summed E-state index contributed by atoms with van der Waals surface area (Å²) in [5.74, 6) is -1.05. The van der Waals surface area contributed by atoms with Crippen molar-refractivity contribution in [1.82, 2.24) is 24.6 Å². The van der Waals surface area contributed by atoms with E-state index in [-0.39, 0.29) is 23.0 Å². The Kier molecular flexibility index (Phi) is 7.03. The second-order valence-corrected chi connectivity index (χ2v) is 9.68. The van der Waals surface area contributed by atoms with Crippen LogP contribution in [0.5, 0.6) is 5.88 Å². The molecular weight excluding hydrogens is 478 g/mol. The number of nitrogen functional groups attached to an aromatic ring is 1. The summed E-state index contributed by atoms with van der Waals surface area (Å²) in [6.07, 6.45) is -5.82. The van der Waals surface area contributed by atoms with Crippen LogP contribution < -0.4 is 15.6 Å². The zero-order valence-corrected chi connectivity index (χ0v) is 20.0. The molecule has 0 radical (unpaired) electrons. The van der Waals surface area contributed by atoms with E-state index in [1.54, 1.807) is 13.8 Å². The molecular formula is C18H28FN6O8P. The molecule has 34 heavy (non-hydrogen) atoms. The number of halogens is 1. The molecule has 14 nitrogen and oxygen atoms in total. The number of aliphatic hydroxyl groups is 1. The Hall–Kier alpha value is -2.42. The molecule has 1 aliphatic rings. The minimum Gasteiger partial charge on any atom is -0.479 e.